The molecule has 0 aliphatic carbocycles. The summed E-state index contributed by atoms with van der Waals surface area (Å²) >= 11 is 0. The fourth-order valence-electron chi connectivity index (χ4n) is 0.857. The number of halogens is 3. The lowest BCUT2D eigenvalue weighted by Gasteiger charge is -1.96. The fraction of sp³-hybridized carbons (Fsp3) is 0.222. The number of carbonyl (C=O) groups is 1. The number of alkyl halides is 3. The van der Waals surface area contributed by atoms with Crippen LogP contribution in [0.4, 0.5) is 13.2 Å². The summed E-state index contributed by atoms with van der Waals surface area (Å²) in [5.41, 5.74) is -0.183. The first-order valence-corrected chi connectivity index (χ1v) is 4.23. The van der Waals surface area contributed by atoms with Gasteiger partial charge < -0.3 is 9.63 Å². The van der Waals surface area contributed by atoms with Gasteiger partial charge in [0.15, 0.2) is 0 Å². The third-order valence-corrected chi connectivity index (χ3v) is 1.68. The highest BCUT2D eigenvalue weighted by molar-refractivity contribution is 5.89. The van der Waals surface area contributed by atoms with E-state index in [4.69, 9.17) is 5.11 Å². The first kappa shape index (κ1) is 12.9. The topological polar surface area (TPSA) is 76.2 Å². The van der Waals surface area contributed by atoms with Gasteiger partial charge in [0.25, 0.3) is 0 Å². The van der Waals surface area contributed by atoms with Crippen molar-refractivity contribution < 1.29 is 27.6 Å². The molecule has 0 bridgehead atoms. The molecule has 1 N–H and O–H groups in total. The van der Waals surface area contributed by atoms with E-state index in [1.54, 1.807) is 0 Å². The summed E-state index contributed by atoms with van der Waals surface area (Å²) in [7, 11) is 0. The predicted molar refractivity (Wildman–Crippen MR) is 49.7 cm³/mol. The minimum Gasteiger partial charge on any atom is -0.478 e. The van der Waals surface area contributed by atoms with Gasteiger partial charge in [0.1, 0.15) is 0 Å². The van der Waals surface area contributed by atoms with Crippen molar-refractivity contribution in [2.24, 2.45) is 0 Å². The van der Waals surface area contributed by atoms with E-state index < -0.39 is 23.9 Å². The standard InChI is InChI=1S/C9H7F3N2O3/c1-4(3-5(2)7(15)16)6-13-8(17-14-6)9(10,11)12/h3H,1H2,2H3,(H,15,16). The van der Waals surface area contributed by atoms with Crippen LogP contribution in [-0.4, -0.2) is 21.2 Å². The summed E-state index contributed by atoms with van der Waals surface area (Å²) in [6.07, 6.45) is -3.69. The Labute approximate surface area is 93.2 Å². The van der Waals surface area contributed by atoms with Crippen molar-refractivity contribution in [3.63, 3.8) is 0 Å². The summed E-state index contributed by atoms with van der Waals surface area (Å²) in [4.78, 5) is 13.5. The Morgan fingerprint density at radius 2 is 2.12 bits per heavy atom. The fourth-order valence-corrected chi connectivity index (χ4v) is 0.857. The van der Waals surface area contributed by atoms with Crippen molar-refractivity contribution >= 4 is 11.5 Å². The zero-order valence-corrected chi connectivity index (χ0v) is 8.58. The van der Waals surface area contributed by atoms with Crippen LogP contribution in [0.5, 0.6) is 0 Å². The van der Waals surface area contributed by atoms with Crippen LogP contribution in [0.15, 0.2) is 22.8 Å². The molecule has 92 valence electrons. The molecule has 1 heterocycles. The van der Waals surface area contributed by atoms with E-state index in [9.17, 15) is 18.0 Å². The molecular formula is C9H7F3N2O3. The number of aliphatic carboxylic acids is 1. The Morgan fingerprint density at radius 3 is 2.53 bits per heavy atom. The Hall–Kier alpha value is -2.12. The van der Waals surface area contributed by atoms with Crippen LogP contribution in [0.2, 0.25) is 0 Å². The molecule has 0 spiro atoms. The summed E-state index contributed by atoms with van der Waals surface area (Å²) in [5.74, 6) is -3.13. The van der Waals surface area contributed by atoms with E-state index in [-0.39, 0.29) is 11.1 Å². The molecule has 0 fully saturated rings. The highest BCUT2D eigenvalue weighted by Gasteiger charge is 2.38. The Balaban J connectivity index is 2.96. The largest absolute Gasteiger partial charge is 0.478 e. The van der Waals surface area contributed by atoms with Crippen molar-refractivity contribution in [3.8, 4) is 0 Å². The molecule has 0 saturated heterocycles. The van der Waals surface area contributed by atoms with Crippen LogP contribution in [0.25, 0.3) is 5.57 Å². The van der Waals surface area contributed by atoms with Gasteiger partial charge in [0.05, 0.1) is 0 Å². The molecule has 17 heavy (non-hydrogen) atoms. The van der Waals surface area contributed by atoms with Crippen molar-refractivity contribution in [1.29, 1.82) is 0 Å². The zero-order valence-electron chi connectivity index (χ0n) is 8.58. The van der Waals surface area contributed by atoms with Gasteiger partial charge in [0, 0.05) is 11.1 Å². The number of allylic oxidation sites excluding steroid dienone is 2. The molecule has 0 aromatic carbocycles. The Kier molecular flexibility index (Phi) is 3.35. The number of aromatic nitrogens is 2. The summed E-state index contributed by atoms with van der Waals surface area (Å²) in [6.45, 7) is 4.61. The van der Waals surface area contributed by atoms with Crippen LogP contribution in [0.1, 0.15) is 18.6 Å². The molecule has 1 aromatic heterocycles. The maximum absolute atomic E-state index is 12.1. The third kappa shape index (κ3) is 3.16. The molecule has 0 amide bonds. The van der Waals surface area contributed by atoms with Gasteiger partial charge in [-0.2, -0.15) is 18.2 Å². The quantitative estimate of drug-likeness (QED) is 0.655. The lowest BCUT2D eigenvalue weighted by molar-refractivity contribution is -0.159. The summed E-state index contributed by atoms with van der Waals surface area (Å²) in [5, 5.41) is 11.6. The second kappa shape index (κ2) is 4.40. The maximum Gasteiger partial charge on any atom is 0.471 e. The Bertz CT molecular complexity index is 488. The Morgan fingerprint density at radius 1 is 1.53 bits per heavy atom. The van der Waals surface area contributed by atoms with E-state index in [2.05, 4.69) is 21.2 Å². The van der Waals surface area contributed by atoms with E-state index in [0.717, 1.165) is 6.08 Å². The average molecular weight is 248 g/mol. The van der Waals surface area contributed by atoms with Gasteiger partial charge in [-0.25, -0.2) is 4.79 Å². The molecule has 1 rings (SSSR count). The van der Waals surface area contributed by atoms with Gasteiger partial charge >= 0.3 is 18.0 Å². The number of carboxylic acid groups (broad SMARTS) is 1. The molecule has 0 aliphatic rings. The van der Waals surface area contributed by atoms with Gasteiger partial charge in [-0.3, -0.25) is 0 Å². The van der Waals surface area contributed by atoms with Gasteiger partial charge in [-0.05, 0) is 13.0 Å². The first-order chi connectivity index (χ1) is 7.71. The normalized spacial score (nSPS) is 12.6. The van der Waals surface area contributed by atoms with Crippen LogP contribution >= 0.6 is 0 Å². The maximum atomic E-state index is 12.1. The SMILES string of the molecule is C=C(C=C(C)C(=O)O)c1noc(C(F)(F)F)n1. The molecule has 1 aromatic rings. The molecule has 0 aliphatic heterocycles. The monoisotopic (exact) mass is 248 g/mol. The first-order valence-electron chi connectivity index (χ1n) is 4.23. The van der Waals surface area contributed by atoms with Crippen LogP contribution in [0.3, 0.4) is 0 Å². The van der Waals surface area contributed by atoms with E-state index >= 15 is 0 Å². The number of carboxylic acids is 1. The number of hydrogen-bond acceptors (Lipinski definition) is 4. The van der Waals surface area contributed by atoms with Crippen LogP contribution < -0.4 is 0 Å². The molecule has 8 heteroatoms. The third-order valence-electron chi connectivity index (χ3n) is 1.68. The predicted octanol–water partition coefficient (Wildman–Crippen LogP) is 2.13. The van der Waals surface area contributed by atoms with Crippen molar-refractivity contribution in [3.05, 3.63) is 29.9 Å². The molecular weight excluding hydrogens is 241 g/mol. The molecule has 0 radical (unpaired) electrons. The summed E-state index contributed by atoms with van der Waals surface area (Å²) < 4.78 is 40.3. The second-order valence-corrected chi connectivity index (χ2v) is 3.08. The lowest BCUT2D eigenvalue weighted by Crippen LogP contribution is -2.05. The van der Waals surface area contributed by atoms with E-state index in [1.165, 1.54) is 6.92 Å². The van der Waals surface area contributed by atoms with Crippen molar-refractivity contribution in [2.45, 2.75) is 13.1 Å². The second-order valence-electron chi connectivity index (χ2n) is 3.08. The minimum atomic E-state index is -4.74. The number of nitrogens with zero attached hydrogens (tertiary/aromatic N) is 2. The lowest BCUT2D eigenvalue weighted by atomic mass is 10.2. The summed E-state index contributed by atoms with van der Waals surface area (Å²) in [6, 6.07) is 0. The van der Waals surface area contributed by atoms with E-state index in [1.807, 2.05) is 0 Å². The van der Waals surface area contributed by atoms with Crippen LogP contribution in [-0.2, 0) is 11.0 Å². The number of hydrogen-bond donors (Lipinski definition) is 1. The van der Waals surface area contributed by atoms with Crippen LogP contribution in [0, 0.1) is 0 Å². The average Bonchev–Trinajstić information content (AvgIpc) is 2.65. The van der Waals surface area contributed by atoms with E-state index in [0.29, 0.717) is 0 Å². The highest BCUT2D eigenvalue weighted by Crippen LogP contribution is 2.28. The molecule has 0 saturated carbocycles. The molecule has 0 unspecified atom stereocenters. The zero-order chi connectivity index (χ0) is 13.2. The van der Waals surface area contributed by atoms with Crippen molar-refractivity contribution in [2.75, 3.05) is 0 Å². The minimum absolute atomic E-state index is 0.0795. The number of rotatable bonds is 3. The van der Waals surface area contributed by atoms with Gasteiger partial charge in [-0.15, -0.1) is 0 Å². The van der Waals surface area contributed by atoms with Gasteiger partial charge in [0.2, 0.25) is 5.82 Å². The smallest absolute Gasteiger partial charge is 0.471 e. The highest BCUT2D eigenvalue weighted by atomic mass is 19.4. The molecule has 5 nitrogen and oxygen atoms in total. The van der Waals surface area contributed by atoms with Gasteiger partial charge in [-0.1, -0.05) is 11.7 Å². The van der Waals surface area contributed by atoms with Crippen molar-refractivity contribution in [1.82, 2.24) is 10.1 Å². The molecule has 0 atom stereocenters.